The number of rotatable bonds is 5. The summed E-state index contributed by atoms with van der Waals surface area (Å²) in [6, 6.07) is 6.08. The average molecular weight is 355 g/mol. The van der Waals surface area contributed by atoms with E-state index in [0.717, 1.165) is 29.0 Å². The Morgan fingerprint density at radius 1 is 1.15 bits per heavy atom. The second-order valence-electron chi connectivity index (χ2n) is 8.53. The summed E-state index contributed by atoms with van der Waals surface area (Å²) < 4.78 is 0. The van der Waals surface area contributed by atoms with E-state index in [2.05, 4.69) is 17.5 Å². The van der Waals surface area contributed by atoms with Crippen LogP contribution >= 0.6 is 0 Å². The lowest BCUT2D eigenvalue weighted by molar-refractivity contribution is -0.384. The van der Waals surface area contributed by atoms with Gasteiger partial charge in [0.25, 0.3) is 5.69 Å². The van der Waals surface area contributed by atoms with E-state index in [-0.39, 0.29) is 23.4 Å². The highest BCUT2D eigenvalue weighted by molar-refractivity contribution is 5.90. The molecule has 0 aliphatic heterocycles. The molecule has 4 aliphatic carbocycles. The molecule has 138 valence electrons. The summed E-state index contributed by atoms with van der Waals surface area (Å²) in [5.41, 5.74) is 4.77. The van der Waals surface area contributed by atoms with Crippen molar-refractivity contribution in [1.29, 1.82) is 0 Å². The smallest absolute Gasteiger partial charge is 0.269 e. The first-order chi connectivity index (χ1) is 12.4. The largest absolute Gasteiger partial charge is 0.273 e. The van der Waals surface area contributed by atoms with Crippen molar-refractivity contribution in [2.24, 2.45) is 28.3 Å². The summed E-state index contributed by atoms with van der Waals surface area (Å²) in [5, 5.41) is 15.1. The summed E-state index contributed by atoms with van der Waals surface area (Å²) in [4.78, 5) is 22.5. The molecule has 5 rings (SSSR count). The molecule has 0 spiro atoms. The van der Waals surface area contributed by atoms with Gasteiger partial charge >= 0.3 is 0 Å². The topological polar surface area (TPSA) is 84.6 Å². The number of carbonyl (C=O) groups is 1. The normalized spacial score (nSPS) is 32.5. The van der Waals surface area contributed by atoms with Crippen molar-refractivity contribution in [3.05, 3.63) is 39.9 Å². The van der Waals surface area contributed by atoms with E-state index in [1.807, 2.05) is 0 Å². The lowest BCUT2D eigenvalue weighted by atomic mass is 9.48. The van der Waals surface area contributed by atoms with Crippen LogP contribution in [0.25, 0.3) is 0 Å². The van der Waals surface area contributed by atoms with Crippen LogP contribution in [0.1, 0.15) is 51.0 Å². The molecule has 4 bridgehead atoms. The molecule has 1 aromatic rings. The van der Waals surface area contributed by atoms with Gasteiger partial charge in [-0.25, -0.2) is 5.43 Å². The minimum Gasteiger partial charge on any atom is -0.273 e. The standard InChI is InChI=1S/C20H25N3O3/c1-13(20-10-15-6-16(11-20)8-17(7-15)12-20)21-22-19(24)9-14-2-4-18(5-3-14)23(25)26/h2-5,15-17H,6-12H2,1H3,(H,22,24). The lowest BCUT2D eigenvalue weighted by Crippen LogP contribution is -2.49. The molecule has 4 saturated carbocycles. The van der Waals surface area contributed by atoms with Crippen LogP contribution in [0, 0.1) is 33.3 Å². The highest BCUT2D eigenvalue weighted by Crippen LogP contribution is 2.60. The first-order valence-electron chi connectivity index (χ1n) is 9.50. The van der Waals surface area contributed by atoms with Crippen LogP contribution < -0.4 is 5.43 Å². The fourth-order valence-electron chi connectivity index (χ4n) is 5.78. The minimum absolute atomic E-state index is 0.0323. The molecule has 0 unspecified atom stereocenters. The van der Waals surface area contributed by atoms with E-state index in [4.69, 9.17) is 0 Å². The van der Waals surface area contributed by atoms with E-state index in [1.54, 1.807) is 12.1 Å². The molecule has 6 nitrogen and oxygen atoms in total. The molecule has 0 radical (unpaired) electrons. The van der Waals surface area contributed by atoms with Gasteiger partial charge in [0.15, 0.2) is 0 Å². The van der Waals surface area contributed by atoms with Gasteiger partial charge in [0.05, 0.1) is 11.3 Å². The van der Waals surface area contributed by atoms with Crippen LogP contribution in [0.3, 0.4) is 0 Å². The Kier molecular flexibility index (Phi) is 4.29. The fourth-order valence-corrected chi connectivity index (χ4v) is 5.78. The number of nitrogens with zero attached hydrogens (tertiary/aromatic N) is 2. The number of hydrazone groups is 1. The first-order valence-corrected chi connectivity index (χ1v) is 9.50. The van der Waals surface area contributed by atoms with E-state index in [0.29, 0.717) is 0 Å². The molecule has 0 saturated heterocycles. The Hall–Kier alpha value is -2.24. The monoisotopic (exact) mass is 355 g/mol. The Balaban J connectivity index is 1.38. The van der Waals surface area contributed by atoms with Crippen molar-refractivity contribution >= 4 is 17.3 Å². The molecule has 4 fully saturated rings. The van der Waals surface area contributed by atoms with E-state index < -0.39 is 4.92 Å². The molecular formula is C20H25N3O3. The number of nitro groups is 1. The molecule has 4 aliphatic rings. The maximum absolute atomic E-state index is 12.2. The molecule has 6 heteroatoms. The van der Waals surface area contributed by atoms with E-state index >= 15 is 0 Å². The first kappa shape index (κ1) is 17.2. The lowest BCUT2D eigenvalue weighted by Gasteiger charge is -2.56. The Labute approximate surface area is 153 Å². The quantitative estimate of drug-likeness (QED) is 0.495. The summed E-state index contributed by atoms with van der Waals surface area (Å²) in [6.45, 7) is 2.07. The van der Waals surface area contributed by atoms with Crippen LogP contribution in [0.5, 0.6) is 0 Å². The molecule has 1 N–H and O–H groups in total. The predicted octanol–water partition coefficient (Wildman–Crippen LogP) is 3.85. The Morgan fingerprint density at radius 3 is 2.19 bits per heavy atom. The third-order valence-corrected chi connectivity index (χ3v) is 6.67. The number of non-ortho nitro benzene ring substituents is 1. The molecule has 1 amide bonds. The Morgan fingerprint density at radius 2 is 1.69 bits per heavy atom. The second-order valence-corrected chi connectivity index (χ2v) is 8.53. The molecule has 0 aromatic heterocycles. The van der Waals surface area contributed by atoms with Gasteiger partial charge in [-0.05, 0) is 68.8 Å². The third kappa shape index (κ3) is 3.24. The van der Waals surface area contributed by atoms with Gasteiger partial charge < -0.3 is 0 Å². The highest BCUT2D eigenvalue weighted by Gasteiger charge is 2.52. The third-order valence-electron chi connectivity index (χ3n) is 6.67. The molecule has 1 aromatic carbocycles. The van der Waals surface area contributed by atoms with Crippen molar-refractivity contribution in [1.82, 2.24) is 5.43 Å². The zero-order chi connectivity index (χ0) is 18.3. The van der Waals surface area contributed by atoms with Crippen LogP contribution in [-0.2, 0) is 11.2 Å². The fraction of sp³-hybridized carbons (Fsp3) is 0.600. The number of hydrogen-bond donors (Lipinski definition) is 1. The van der Waals surface area contributed by atoms with E-state index in [1.165, 1.54) is 50.7 Å². The number of nitro benzene ring substituents is 1. The highest BCUT2D eigenvalue weighted by atomic mass is 16.6. The second kappa shape index (κ2) is 6.49. The predicted molar refractivity (Wildman–Crippen MR) is 98.7 cm³/mol. The number of hydrogen-bond acceptors (Lipinski definition) is 4. The number of nitrogens with one attached hydrogen (secondary N) is 1. The van der Waals surface area contributed by atoms with Gasteiger partial charge in [-0.15, -0.1) is 0 Å². The van der Waals surface area contributed by atoms with Crippen molar-refractivity contribution in [3.63, 3.8) is 0 Å². The molecule has 0 atom stereocenters. The summed E-state index contributed by atoms with van der Waals surface area (Å²) >= 11 is 0. The Bertz CT molecular complexity index is 719. The molecule has 26 heavy (non-hydrogen) atoms. The van der Waals surface area contributed by atoms with Crippen molar-refractivity contribution in [2.45, 2.75) is 51.9 Å². The number of carbonyl (C=O) groups excluding carboxylic acids is 1. The van der Waals surface area contributed by atoms with Crippen LogP contribution in [-0.4, -0.2) is 16.5 Å². The number of amides is 1. The summed E-state index contributed by atoms with van der Waals surface area (Å²) in [5.74, 6) is 2.37. The minimum atomic E-state index is -0.441. The van der Waals surface area contributed by atoms with Gasteiger partial charge in [-0.1, -0.05) is 12.1 Å². The van der Waals surface area contributed by atoms with Crippen molar-refractivity contribution in [2.75, 3.05) is 0 Å². The SMILES string of the molecule is CC(=NNC(=O)Cc1ccc([N+](=O)[O-])cc1)C12CC3CC(CC(C3)C1)C2. The molecular weight excluding hydrogens is 330 g/mol. The van der Waals surface area contributed by atoms with Crippen LogP contribution in [0.4, 0.5) is 5.69 Å². The van der Waals surface area contributed by atoms with Gasteiger partial charge in [-0.3, -0.25) is 14.9 Å². The zero-order valence-corrected chi connectivity index (χ0v) is 15.1. The summed E-state index contributed by atoms with van der Waals surface area (Å²) in [7, 11) is 0. The average Bonchev–Trinajstić information content (AvgIpc) is 2.59. The van der Waals surface area contributed by atoms with Crippen LogP contribution in [0.15, 0.2) is 29.4 Å². The van der Waals surface area contributed by atoms with Crippen LogP contribution in [0.2, 0.25) is 0 Å². The number of benzene rings is 1. The maximum atomic E-state index is 12.2. The van der Waals surface area contributed by atoms with Gasteiger partial charge in [-0.2, -0.15) is 5.10 Å². The van der Waals surface area contributed by atoms with Crippen molar-refractivity contribution in [3.8, 4) is 0 Å². The zero-order valence-electron chi connectivity index (χ0n) is 15.1. The summed E-state index contributed by atoms with van der Waals surface area (Å²) in [6.07, 6.45) is 8.03. The van der Waals surface area contributed by atoms with Gasteiger partial charge in [0.2, 0.25) is 5.91 Å². The van der Waals surface area contributed by atoms with E-state index in [9.17, 15) is 14.9 Å². The maximum Gasteiger partial charge on any atom is 0.269 e. The van der Waals surface area contributed by atoms with Crippen molar-refractivity contribution < 1.29 is 9.72 Å². The molecule has 0 heterocycles. The van der Waals surface area contributed by atoms with Gasteiger partial charge in [0.1, 0.15) is 0 Å². The van der Waals surface area contributed by atoms with Gasteiger partial charge in [0, 0.05) is 23.3 Å².